The fourth-order valence-corrected chi connectivity index (χ4v) is 2.60. The summed E-state index contributed by atoms with van der Waals surface area (Å²) in [5, 5.41) is 8.48. The quantitative estimate of drug-likeness (QED) is 0.854. The first-order valence-corrected chi connectivity index (χ1v) is 7.40. The Morgan fingerprint density at radius 2 is 2.24 bits per heavy atom. The Kier molecular flexibility index (Phi) is 5.73. The van der Waals surface area contributed by atoms with Crippen LogP contribution in [0.3, 0.4) is 0 Å². The molecule has 0 bridgehead atoms. The van der Waals surface area contributed by atoms with Crippen molar-refractivity contribution < 1.29 is 4.74 Å². The fourth-order valence-electron chi connectivity index (χ4n) is 2.35. The Hall–Kier alpha value is -1.43. The Bertz CT molecular complexity index is 585. The highest BCUT2D eigenvalue weighted by molar-refractivity contribution is 6.31. The number of hydrogen-bond acceptors (Lipinski definition) is 4. The van der Waals surface area contributed by atoms with Gasteiger partial charge in [-0.05, 0) is 30.7 Å². The molecule has 0 spiro atoms. The molecule has 1 atom stereocenters. The number of aryl methyl sites for hydroxylation is 1. The lowest BCUT2D eigenvalue weighted by molar-refractivity contribution is 0.182. The van der Waals surface area contributed by atoms with Gasteiger partial charge in [-0.3, -0.25) is 9.67 Å². The maximum atomic E-state index is 6.37. The van der Waals surface area contributed by atoms with E-state index in [9.17, 15) is 0 Å². The maximum absolute atomic E-state index is 6.37. The van der Waals surface area contributed by atoms with Gasteiger partial charge in [0.1, 0.15) is 0 Å². The number of halogens is 1. The number of hydrogen-bond donors (Lipinski definition) is 1. The van der Waals surface area contributed by atoms with Gasteiger partial charge in [0, 0.05) is 19.5 Å². The molecule has 1 unspecified atom stereocenters. The second-order valence-electron chi connectivity index (χ2n) is 4.82. The van der Waals surface area contributed by atoms with E-state index in [0.29, 0.717) is 18.2 Å². The first-order valence-electron chi connectivity index (χ1n) is 7.03. The van der Waals surface area contributed by atoms with Crippen molar-refractivity contribution in [3.05, 3.63) is 46.5 Å². The first kappa shape index (κ1) is 15.9. The van der Waals surface area contributed by atoms with Gasteiger partial charge in [0.2, 0.25) is 0 Å². The van der Waals surface area contributed by atoms with Gasteiger partial charge >= 0.3 is 0 Å². The van der Waals surface area contributed by atoms with E-state index in [2.05, 4.69) is 29.2 Å². The van der Waals surface area contributed by atoms with Gasteiger partial charge in [-0.2, -0.15) is 5.10 Å². The first-order chi connectivity index (χ1) is 10.2. The molecule has 114 valence electrons. The molecule has 2 aromatic rings. The Morgan fingerprint density at radius 1 is 1.43 bits per heavy atom. The van der Waals surface area contributed by atoms with Gasteiger partial charge in [-0.25, -0.2) is 0 Å². The number of ether oxygens (including phenoxy) is 1. The zero-order valence-electron chi connectivity index (χ0n) is 12.6. The minimum absolute atomic E-state index is 0.0319. The average Bonchev–Trinajstić information content (AvgIpc) is 2.84. The average molecular weight is 309 g/mol. The van der Waals surface area contributed by atoms with Crippen LogP contribution in [0.2, 0.25) is 5.02 Å². The van der Waals surface area contributed by atoms with Crippen molar-refractivity contribution in [3.63, 3.8) is 0 Å². The fraction of sp³-hybridized carbons (Fsp3) is 0.467. The summed E-state index contributed by atoms with van der Waals surface area (Å²) in [6.07, 6.45) is 5.36. The van der Waals surface area contributed by atoms with E-state index in [0.717, 1.165) is 17.8 Å². The van der Waals surface area contributed by atoms with Crippen LogP contribution >= 0.6 is 11.6 Å². The summed E-state index contributed by atoms with van der Waals surface area (Å²) in [4.78, 5) is 4.24. The lowest BCUT2D eigenvalue weighted by Gasteiger charge is -2.21. The van der Waals surface area contributed by atoms with E-state index in [4.69, 9.17) is 16.3 Å². The van der Waals surface area contributed by atoms with Gasteiger partial charge < -0.3 is 10.1 Å². The van der Waals surface area contributed by atoms with Crippen LogP contribution in [0.25, 0.3) is 0 Å². The summed E-state index contributed by atoms with van der Waals surface area (Å²) in [5.74, 6) is 0. The van der Waals surface area contributed by atoms with Crippen molar-refractivity contribution in [2.75, 3.05) is 20.3 Å². The standard InChI is InChI=1S/C15H21ClN4O/c1-4-18-14(12-9-17-6-5-11(12)2)15-13(16)10-19-20(15)7-8-21-3/h5-6,9-10,14,18H,4,7-8H2,1-3H3. The van der Waals surface area contributed by atoms with Crippen molar-refractivity contribution in [1.82, 2.24) is 20.1 Å². The number of methoxy groups -OCH3 is 1. The molecule has 2 aromatic heterocycles. The maximum Gasteiger partial charge on any atom is 0.0837 e. The van der Waals surface area contributed by atoms with Crippen LogP contribution < -0.4 is 5.32 Å². The molecular weight excluding hydrogens is 288 g/mol. The smallest absolute Gasteiger partial charge is 0.0837 e. The predicted octanol–water partition coefficient (Wildman–Crippen LogP) is 2.59. The lowest BCUT2D eigenvalue weighted by Crippen LogP contribution is -2.26. The van der Waals surface area contributed by atoms with Crippen LogP contribution in [0.4, 0.5) is 0 Å². The Labute approximate surface area is 130 Å². The monoisotopic (exact) mass is 308 g/mol. The third-order valence-electron chi connectivity index (χ3n) is 3.41. The van der Waals surface area contributed by atoms with E-state index in [-0.39, 0.29) is 6.04 Å². The van der Waals surface area contributed by atoms with E-state index in [1.54, 1.807) is 19.5 Å². The number of nitrogens with one attached hydrogen (secondary N) is 1. The van der Waals surface area contributed by atoms with Gasteiger partial charge in [-0.15, -0.1) is 0 Å². The van der Waals surface area contributed by atoms with Crippen molar-refractivity contribution in [1.29, 1.82) is 0 Å². The third-order valence-corrected chi connectivity index (χ3v) is 3.70. The molecular formula is C15H21ClN4O. The molecule has 5 nitrogen and oxygen atoms in total. The summed E-state index contributed by atoms with van der Waals surface area (Å²) in [7, 11) is 1.68. The summed E-state index contributed by atoms with van der Waals surface area (Å²) in [6.45, 7) is 6.23. The second-order valence-corrected chi connectivity index (χ2v) is 5.22. The van der Waals surface area contributed by atoms with E-state index >= 15 is 0 Å². The molecule has 0 aromatic carbocycles. The van der Waals surface area contributed by atoms with Gasteiger partial charge in [0.05, 0.1) is 36.1 Å². The molecule has 6 heteroatoms. The zero-order valence-corrected chi connectivity index (χ0v) is 13.4. The van der Waals surface area contributed by atoms with Crippen LogP contribution in [-0.4, -0.2) is 35.0 Å². The van der Waals surface area contributed by atoms with Gasteiger partial charge in [0.25, 0.3) is 0 Å². The molecule has 0 amide bonds. The molecule has 0 saturated heterocycles. The van der Waals surface area contributed by atoms with Crippen LogP contribution in [0.1, 0.15) is 29.8 Å². The lowest BCUT2D eigenvalue weighted by atomic mass is 10.0. The number of aromatic nitrogens is 3. The van der Waals surface area contributed by atoms with Crippen molar-refractivity contribution in [2.45, 2.75) is 26.4 Å². The third kappa shape index (κ3) is 3.61. The summed E-state index contributed by atoms with van der Waals surface area (Å²) >= 11 is 6.37. The molecule has 1 N–H and O–H groups in total. The Morgan fingerprint density at radius 3 is 2.90 bits per heavy atom. The van der Waals surface area contributed by atoms with Crippen molar-refractivity contribution >= 4 is 11.6 Å². The molecule has 21 heavy (non-hydrogen) atoms. The largest absolute Gasteiger partial charge is 0.383 e. The van der Waals surface area contributed by atoms with Gasteiger partial charge in [-0.1, -0.05) is 18.5 Å². The molecule has 0 radical (unpaired) electrons. The number of rotatable bonds is 7. The minimum Gasteiger partial charge on any atom is -0.383 e. The molecule has 2 heterocycles. The van der Waals surface area contributed by atoms with Crippen LogP contribution in [-0.2, 0) is 11.3 Å². The molecule has 0 fully saturated rings. The van der Waals surface area contributed by atoms with Crippen LogP contribution in [0.5, 0.6) is 0 Å². The summed E-state index contributed by atoms with van der Waals surface area (Å²) in [5.41, 5.74) is 3.23. The van der Waals surface area contributed by atoms with Crippen molar-refractivity contribution in [2.24, 2.45) is 0 Å². The molecule has 2 rings (SSSR count). The highest BCUT2D eigenvalue weighted by Gasteiger charge is 2.23. The number of pyridine rings is 1. The second kappa shape index (κ2) is 7.54. The highest BCUT2D eigenvalue weighted by Crippen LogP contribution is 2.29. The van der Waals surface area contributed by atoms with E-state index in [1.165, 1.54) is 5.56 Å². The van der Waals surface area contributed by atoms with E-state index in [1.807, 2.05) is 16.9 Å². The molecule has 0 aliphatic rings. The summed E-state index contributed by atoms with van der Waals surface area (Å²) < 4.78 is 7.04. The Balaban J connectivity index is 2.43. The van der Waals surface area contributed by atoms with E-state index < -0.39 is 0 Å². The number of nitrogens with zero attached hydrogens (tertiary/aromatic N) is 3. The van der Waals surface area contributed by atoms with Gasteiger partial charge in [0.15, 0.2) is 0 Å². The predicted molar refractivity (Wildman–Crippen MR) is 83.6 cm³/mol. The SMILES string of the molecule is CCNC(c1cnccc1C)c1c(Cl)cnn1CCOC. The minimum atomic E-state index is -0.0319. The zero-order chi connectivity index (χ0) is 15.2. The molecule has 0 aliphatic heterocycles. The summed E-state index contributed by atoms with van der Waals surface area (Å²) in [6, 6.07) is 1.97. The van der Waals surface area contributed by atoms with Crippen LogP contribution in [0, 0.1) is 6.92 Å². The topological polar surface area (TPSA) is 52.0 Å². The van der Waals surface area contributed by atoms with Crippen LogP contribution in [0.15, 0.2) is 24.7 Å². The molecule has 0 saturated carbocycles. The highest BCUT2D eigenvalue weighted by atomic mass is 35.5. The van der Waals surface area contributed by atoms with Crippen molar-refractivity contribution in [3.8, 4) is 0 Å². The molecule has 0 aliphatic carbocycles. The normalized spacial score (nSPS) is 12.6.